The van der Waals surface area contributed by atoms with Gasteiger partial charge < -0.3 is 15.2 Å². The number of hydrogen-bond acceptors (Lipinski definition) is 5. The number of methoxy groups -OCH3 is 1. The molecule has 0 aliphatic heterocycles. The third kappa shape index (κ3) is 3.92. The Balaban J connectivity index is 2.54. The van der Waals surface area contributed by atoms with E-state index in [4.69, 9.17) is 9.84 Å². The number of aliphatic hydroxyl groups excluding tert-OH is 1. The van der Waals surface area contributed by atoms with Gasteiger partial charge in [-0.3, -0.25) is 4.79 Å². The fraction of sp³-hybridized carbons (Fsp3) is 0.500. The highest BCUT2D eigenvalue weighted by atomic mass is 16.5. The molecular weight excluding hydrogens is 210 g/mol. The lowest BCUT2D eigenvalue weighted by atomic mass is 10.2. The molecule has 0 radical (unpaired) electrons. The van der Waals surface area contributed by atoms with E-state index < -0.39 is 0 Å². The molecule has 0 aliphatic rings. The molecule has 6 nitrogen and oxygen atoms in total. The number of carbonyl (C=O) groups excluding carboxylic acids is 1. The number of carbonyl (C=O) groups is 1. The standard InChI is InChI=1S/C10H15N3O3/c1-16-6-9(2-3-14)13-10(15)8-4-11-7-12-5-8/h4-5,7,9,14H,2-3,6H2,1H3,(H,13,15). The van der Waals surface area contributed by atoms with Crippen LogP contribution in [0.5, 0.6) is 0 Å². The van der Waals surface area contributed by atoms with E-state index in [0.29, 0.717) is 18.6 Å². The van der Waals surface area contributed by atoms with Crippen LogP contribution >= 0.6 is 0 Å². The van der Waals surface area contributed by atoms with Crippen LogP contribution < -0.4 is 5.32 Å². The molecule has 1 heterocycles. The van der Waals surface area contributed by atoms with E-state index in [2.05, 4.69) is 15.3 Å². The van der Waals surface area contributed by atoms with Crippen molar-refractivity contribution in [3.05, 3.63) is 24.3 Å². The SMILES string of the molecule is COCC(CCO)NC(=O)c1cncnc1. The molecule has 2 N–H and O–H groups in total. The van der Waals surface area contributed by atoms with Gasteiger partial charge in [0.15, 0.2) is 0 Å². The summed E-state index contributed by atoms with van der Waals surface area (Å²) in [6.07, 6.45) is 4.68. The molecule has 16 heavy (non-hydrogen) atoms. The topological polar surface area (TPSA) is 84.3 Å². The number of amides is 1. The summed E-state index contributed by atoms with van der Waals surface area (Å²) in [6, 6.07) is -0.206. The Labute approximate surface area is 93.7 Å². The predicted molar refractivity (Wildman–Crippen MR) is 56.9 cm³/mol. The van der Waals surface area contributed by atoms with Gasteiger partial charge in [-0.1, -0.05) is 0 Å². The lowest BCUT2D eigenvalue weighted by Gasteiger charge is -2.16. The molecule has 0 fully saturated rings. The van der Waals surface area contributed by atoms with Gasteiger partial charge in [-0.25, -0.2) is 9.97 Å². The highest BCUT2D eigenvalue weighted by Crippen LogP contribution is 1.97. The molecule has 6 heteroatoms. The lowest BCUT2D eigenvalue weighted by molar-refractivity contribution is 0.0878. The van der Waals surface area contributed by atoms with Crippen LogP contribution in [0.25, 0.3) is 0 Å². The maximum absolute atomic E-state index is 11.7. The molecule has 1 atom stereocenters. The summed E-state index contributed by atoms with van der Waals surface area (Å²) in [5.74, 6) is -0.267. The minimum absolute atomic E-state index is 0.000400. The Hall–Kier alpha value is -1.53. The molecule has 0 bridgehead atoms. The zero-order valence-electron chi connectivity index (χ0n) is 9.09. The van der Waals surface area contributed by atoms with Crippen molar-refractivity contribution in [2.75, 3.05) is 20.3 Å². The van der Waals surface area contributed by atoms with Crippen LogP contribution in [0.3, 0.4) is 0 Å². The number of hydrogen-bond donors (Lipinski definition) is 2. The quantitative estimate of drug-likeness (QED) is 0.688. The number of aromatic nitrogens is 2. The molecule has 0 saturated heterocycles. The fourth-order valence-electron chi connectivity index (χ4n) is 1.24. The Bertz CT molecular complexity index is 312. The smallest absolute Gasteiger partial charge is 0.254 e. The normalized spacial score (nSPS) is 12.1. The maximum Gasteiger partial charge on any atom is 0.254 e. The second kappa shape index (κ2) is 6.86. The number of aliphatic hydroxyl groups is 1. The Kier molecular flexibility index (Phi) is 5.38. The third-order valence-corrected chi connectivity index (χ3v) is 2.00. The molecule has 1 rings (SSSR count). The summed E-state index contributed by atoms with van der Waals surface area (Å²) in [5, 5.41) is 11.5. The average Bonchev–Trinajstić information content (AvgIpc) is 2.31. The molecule has 1 amide bonds. The second-order valence-corrected chi connectivity index (χ2v) is 3.27. The van der Waals surface area contributed by atoms with Gasteiger partial charge in [-0.05, 0) is 6.42 Å². The fourth-order valence-corrected chi connectivity index (χ4v) is 1.24. The van der Waals surface area contributed by atoms with Crippen molar-refractivity contribution in [1.29, 1.82) is 0 Å². The molecule has 1 unspecified atom stereocenters. The summed E-state index contributed by atoms with van der Waals surface area (Å²) in [7, 11) is 1.54. The van der Waals surface area contributed by atoms with Crippen molar-refractivity contribution in [2.24, 2.45) is 0 Å². The number of nitrogens with one attached hydrogen (secondary N) is 1. The van der Waals surface area contributed by atoms with Gasteiger partial charge in [-0.2, -0.15) is 0 Å². The highest BCUT2D eigenvalue weighted by Gasteiger charge is 2.13. The van der Waals surface area contributed by atoms with Gasteiger partial charge in [0.2, 0.25) is 0 Å². The monoisotopic (exact) mass is 225 g/mol. The van der Waals surface area contributed by atoms with Crippen LogP contribution in [-0.2, 0) is 4.74 Å². The van der Waals surface area contributed by atoms with Crippen LogP contribution in [0.4, 0.5) is 0 Å². The average molecular weight is 225 g/mol. The molecule has 0 aliphatic carbocycles. The molecular formula is C10H15N3O3. The van der Waals surface area contributed by atoms with Gasteiger partial charge in [0.1, 0.15) is 6.33 Å². The number of rotatable bonds is 6. The maximum atomic E-state index is 11.7. The third-order valence-electron chi connectivity index (χ3n) is 2.00. The summed E-state index contributed by atoms with van der Waals surface area (Å²) in [5.41, 5.74) is 0.390. The van der Waals surface area contributed by atoms with Gasteiger partial charge >= 0.3 is 0 Å². The summed E-state index contributed by atoms with van der Waals surface area (Å²) in [6.45, 7) is 0.361. The van der Waals surface area contributed by atoms with Crippen molar-refractivity contribution < 1.29 is 14.6 Å². The van der Waals surface area contributed by atoms with Crippen LogP contribution in [0.1, 0.15) is 16.8 Å². The molecule has 0 spiro atoms. The molecule has 88 valence electrons. The summed E-state index contributed by atoms with van der Waals surface area (Å²) < 4.78 is 4.94. The van der Waals surface area contributed by atoms with Crippen molar-refractivity contribution in [2.45, 2.75) is 12.5 Å². The molecule has 1 aromatic heterocycles. The van der Waals surface area contributed by atoms with E-state index in [9.17, 15) is 4.79 Å². The molecule has 0 aromatic carbocycles. The Morgan fingerprint density at radius 2 is 2.25 bits per heavy atom. The van der Waals surface area contributed by atoms with E-state index in [1.807, 2.05) is 0 Å². The second-order valence-electron chi connectivity index (χ2n) is 3.27. The van der Waals surface area contributed by atoms with E-state index in [1.165, 1.54) is 18.7 Å². The first-order chi connectivity index (χ1) is 7.77. The number of ether oxygens (including phenoxy) is 1. The van der Waals surface area contributed by atoms with Gasteiger partial charge in [0.25, 0.3) is 5.91 Å². The first-order valence-corrected chi connectivity index (χ1v) is 4.93. The van der Waals surface area contributed by atoms with E-state index in [0.717, 1.165) is 0 Å². The summed E-state index contributed by atoms with van der Waals surface area (Å²) >= 11 is 0. The van der Waals surface area contributed by atoms with Gasteiger partial charge in [0, 0.05) is 26.1 Å². The summed E-state index contributed by atoms with van der Waals surface area (Å²) in [4.78, 5) is 19.2. The Morgan fingerprint density at radius 1 is 1.56 bits per heavy atom. The minimum atomic E-state index is -0.267. The Morgan fingerprint density at radius 3 is 2.81 bits per heavy atom. The predicted octanol–water partition coefficient (Wildman–Crippen LogP) is -0.396. The van der Waals surface area contributed by atoms with E-state index >= 15 is 0 Å². The lowest BCUT2D eigenvalue weighted by Crippen LogP contribution is -2.38. The van der Waals surface area contributed by atoms with Crippen LogP contribution in [0, 0.1) is 0 Å². The zero-order valence-corrected chi connectivity index (χ0v) is 9.09. The largest absolute Gasteiger partial charge is 0.396 e. The highest BCUT2D eigenvalue weighted by molar-refractivity contribution is 5.93. The van der Waals surface area contributed by atoms with Crippen molar-refractivity contribution in [3.8, 4) is 0 Å². The van der Waals surface area contributed by atoms with Crippen molar-refractivity contribution in [1.82, 2.24) is 15.3 Å². The van der Waals surface area contributed by atoms with Crippen molar-refractivity contribution >= 4 is 5.91 Å². The molecule has 1 aromatic rings. The molecule has 0 saturated carbocycles. The van der Waals surface area contributed by atoms with Gasteiger partial charge in [-0.15, -0.1) is 0 Å². The van der Waals surface area contributed by atoms with E-state index in [-0.39, 0.29) is 18.6 Å². The minimum Gasteiger partial charge on any atom is -0.396 e. The van der Waals surface area contributed by atoms with Gasteiger partial charge in [0.05, 0.1) is 18.2 Å². The van der Waals surface area contributed by atoms with Crippen LogP contribution in [0.2, 0.25) is 0 Å². The van der Waals surface area contributed by atoms with Crippen LogP contribution in [-0.4, -0.2) is 47.3 Å². The van der Waals surface area contributed by atoms with Crippen molar-refractivity contribution in [3.63, 3.8) is 0 Å². The first-order valence-electron chi connectivity index (χ1n) is 4.93. The van der Waals surface area contributed by atoms with E-state index in [1.54, 1.807) is 7.11 Å². The van der Waals surface area contributed by atoms with Crippen LogP contribution in [0.15, 0.2) is 18.7 Å². The first kappa shape index (κ1) is 12.5. The zero-order chi connectivity index (χ0) is 11.8. The number of nitrogens with zero attached hydrogens (tertiary/aromatic N) is 2.